The van der Waals surface area contributed by atoms with E-state index < -0.39 is 0 Å². The first-order chi connectivity index (χ1) is 8.70. The Labute approximate surface area is 113 Å². The van der Waals surface area contributed by atoms with Crippen molar-refractivity contribution in [2.75, 3.05) is 24.7 Å². The summed E-state index contributed by atoms with van der Waals surface area (Å²) in [6.07, 6.45) is 3.16. The minimum atomic E-state index is -0.285. The summed E-state index contributed by atoms with van der Waals surface area (Å²) < 4.78 is 0. The monoisotopic (exact) mass is 273 g/mol. The van der Waals surface area contributed by atoms with Crippen molar-refractivity contribution in [3.63, 3.8) is 0 Å². The second-order valence-electron chi connectivity index (χ2n) is 4.42. The highest BCUT2D eigenvalue weighted by Gasteiger charge is 2.33. The van der Waals surface area contributed by atoms with Crippen LogP contribution in [0.3, 0.4) is 0 Å². The van der Waals surface area contributed by atoms with Gasteiger partial charge in [-0.05, 0) is 25.8 Å². The molecule has 104 valence electrons. The highest BCUT2D eigenvalue weighted by atomic mass is 32.2. The van der Waals surface area contributed by atoms with E-state index in [0.717, 1.165) is 19.3 Å². The first-order valence-electron chi connectivity index (χ1n) is 6.55. The van der Waals surface area contributed by atoms with Crippen molar-refractivity contribution in [3.8, 4) is 0 Å². The Balaban J connectivity index is 2.38. The number of hydrogen-bond donors (Lipinski definition) is 2. The number of hydrogen-bond acceptors (Lipinski definition) is 4. The summed E-state index contributed by atoms with van der Waals surface area (Å²) in [4.78, 5) is 25.5. The molecule has 1 saturated heterocycles. The van der Waals surface area contributed by atoms with Gasteiger partial charge in [-0.3, -0.25) is 9.59 Å². The Hall–Kier alpha value is -0.750. The maximum Gasteiger partial charge on any atom is 0.243 e. The van der Waals surface area contributed by atoms with Crippen LogP contribution in [0.25, 0.3) is 0 Å². The third-order valence-electron chi connectivity index (χ3n) is 2.90. The molecule has 1 heterocycles. The Morgan fingerprint density at radius 1 is 1.44 bits per heavy atom. The van der Waals surface area contributed by atoms with Gasteiger partial charge in [-0.25, -0.2) is 0 Å². The molecule has 0 spiro atoms. The summed E-state index contributed by atoms with van der Waals surface area (Å²) in [6, 6.07) is -0.285. The molecule has 0 aromatic rings. The lowest BCUT2D eigenvalue weighted by molar-refractivity contribution is -0.138. The van der Waals surface area contributed by atoms with Gasteiger partial charge >= 0.3 is 0 Å². The SMILES string of the molecule is CCCC(=O)N1CSCC1C(=O)NCCCCN. The van der Waals surface area contributed by atoms with Gasteiger partial charge in [0.1, 0.15) is 6.04 Å². The molecule has 0 bridgehead atoms. The number of rotatable bonds is 7. The Kier molecular flexibility index (Phi) is 7.12. The van der Waals surface area contributed by atoms with Crippen LogP contribution in [0.15, 0.2) is 0 Å². The molecule has 2 amide bonds. The van der Waals surface area contributed by atoms with Gasteiger partial charge < -0.3 is 16.0 Å². The first-order valence-corrected chi connectivity index (χ1v) is 7.71. The van der Waals surface area contributed by atoms with Gasteiger partial charge in [0, 0.05) is 18.7 Å². The number of unbranched alkanes of at least 4 members (excludes halogenated alkanes) is 1. The summed E-state index contributed by atoms with van der Waals surface area (Å²) in [6.45, 7) is 3.27. The molecule has 0 aromatic carbocycles. The Morgan fingerprint density at radius 3 is 2.89 bits per heavy atom. The van der Waals surface area contributed by atoms with Crippen LogP contribution in [0.5, 0.6) is 0 Å². The van der Waals surface area contributed by atoms with Gasteiger partial charge in [0.15, 0.2) is 0 Å². The fourth-order valence-electron chi connectivity index (χ4n) is 1.86. The highest BCUT2D eigenvalue weighted by Crippen LogP contribution is 2.22. The lowest BCUT2D eigenvalue weighted by atomic mass is 10.2. The molecule has 1 aliphatic rings. The Morgan fingerprint density at radius 2 is 2.22 bits per heavy atom. The highest BCUT2D eigenvalue weighted by molar-refractivity contribution is 7.99. The number of nitrogens with one attached hydrogen (secondary N) is 1. The zero-order chi connectivity index (χ0) is 13.4. The molecule has 0 saturated carbocycles. The predicted molar refractivity (Wildman–Crippen MR) is 74.2 cm³/mol. The minimum absolute atomic E-state index is 0.0264. The number of carbonyl (C=O) groups is 2. The van der Waals surface area contributed by atoms with Crippen LogP contribution in [0, 0.1) is 0 Å². The average molecular weight is 273 g/mol. The first kappa shape index (κ1) is 15.3. The molecule has 5 nitrogen and oxygen atoms in total. The number of amides is 2. The number of nitrogens with zero attached hydrogens (tertiary/aromatic N) is 1. The molecule has 1 unspecified atom stereocenters. The minimum Gasteiger partial charge on any atom is -0.354 e. The van der Waals surface area contributed by atoms with Gasteiger partial charge in [-0.2, -0.15) is 0 Å². The van der Waals surface area contributed by atoms with E-state index >= 15 is 0 Å². The molecular weight excluding hydrogens is 250 g/mol. The van der Waals surface area contributed by atoms with Crippen molar-refractivity contribution in [3.05, 3.63) is 0 Å². The van der Waals surface area contributed by atoms with Crippen molar-refractivity contribution in [2.24, 2.45) is 5.73 Å². The summed E-state index contributed by atoms with van der Waals surface area (Å²) in [7, 11) is 0. The van der Waals surface area contributed by atoms with Crippen molar-refractivity contribution >= 4 is 23.6 Å². The lowest BCUT2D eigenvalue weighted by Crippen LogP contribution is -2.47. The van der Waals surface area contributed by atoms with Crippen molar-refractivity contribution < 1.29 is 9.59 Å². The van der Waals surface area contributed by atoms with Crippen LogP contribution in [0.4, 0.5) is 0 Å². The topological polar surface area (TPSA) is 75.4 Å². The molecule has 18 heavy (non-hydrogen) atoms. The van der Waals surface area contributed by atoms with Gasteiger partial charge in [0.05, 0.1) is 5.88 Å². The smallest absolute Gasteiger partial charge is 0.243 e. The third-order valence-corrected chi connectivity index (χ3v) is 3.91. The quantitative estimate of drug-likeness (QED) is 0.664. The second kappa shape index (κ2) is 8.37. The van der Waals surface area contributed by atoms with E-state index in [1.807, 2.05) is 6.92 Å². The summed E-state index contributed by atoms with van der Waals surface area (Å²) >= 11 is 1.64. The average Bonchev–Trinajstić information content (AvgIpc) is 2.84. The predicted octanol–water partition coefficient (Wildman–Crippen LogP) is 0.543. The molecule has 1 fully saturated rings. The van der Waals surface area contributed by atoms with E-state index in [0.29, 0.717) is 31.1 Å². The lowest BCUT2D eigenvalue weighted by Gasteiger charge is -2.22. The molecule has 6 heteroatoms. The van der Waals surface area contributed by atoms with Gasteiger partial charge in [-0.1, -0.05) is 6.92 Å². The maximum atomic E-state index is 12.0. The van der Waals surface area contributed by atoms with E-state index in [1.54, 1.807) is 16.7 Å². The standard InChI is InChI=1S/C12H23N3O2S/c1-2-5-11(16)15-9-18-8-10(15)12(17)14-7-4-3-6-13/h10H,2-9,13H2,1H3,(H,14,17). The largest absolute Gasteiger partial charge is 0.354 e. The second-order valence-corrected chi connectivity index (χ2v) is 5.42. The molecule has 3 N–H and O–H groups in total. The zero-order valence-corrected chi connectivity index (χ0v) is 11.8. The van der Waals surface area contributed by atoms with Gasteiger partial charge in [-0.15, -0.1) is 11.8 Å². The van der Waals surface area contributed by atoms with Crippen LogP contribution in [0.1, 0.15) is 32.6 Å². The van der Waals surface area contributed by atoms with Crippen LogP contribution in [0.2, 0.25) is 0 Å². The van der Waals surface area contributed by atoms with Crippen LogP contribution in [-0.4, -0.2) is 47.5 Å². The summed E-state index contributed by atoms with van der Waals surface area (Å²) in [5, 5.41) is 2.88. The van der Waals surface area contributed by atoms with Crippen molar-refractivity contribution in [2.45, 2.75) is 38.6 Å². The van der Waals surface area contributed by atoms with E-state index in [9.17, 15) is 9.59 Å². The normalized spacial score (nSPS) is 19.0. The molecule has 0 radical (unpaired) electrons. The van der Waals surface area contributed by atoms with E-state index in [1.165, 1.54) is 0 Å². The number of nitrogens with two attached hydrogens (primary N) is 1. The number of carbonyl (C=O) groups excluding carboxylic acids is 2. The fraction of sp³-hybridized carbons (Fsp3) is 0.833. The van der Waals surface area contributed by atoms with E-state index in [4.69, 9.17) is 5.73 Å². The third kappa shape index (κ3) is 4.49. The van der Waals surface area contributed by atoms with Crippen LogP contribution in [-0.2, 0) is 9.59 Å². The van der Waals surface area contributed by atoms with Crippen LogP contribution < -0.4 is 11.1 Å². The Bertz CT molecular complexity index is 286. The molecule has 1 aliphatic heterocycles. The van der Waals surface area contributed by atoms with E-state index in [-0.39, 0.29) is 17.9 Å². The van der Waals surface area contributed by atoms with Crippen LogP contribution >= 0.6 is 11.8 Å². The molecule has 1 atom stereocenters. The molecule has 0 aliphatic carbocycles. The van der Waals surface area contributed by atoms with Crippen molar-refractivity contribution in [1.29, 1.82) is 0 Å². The van der Waals surface area contributed by atoms with Gasteiger partial charge in [0.25, 0.3) is 0 Å². The summed E-state index contributed by atoms with van der Waals surface area (Å²) in [5.41, 5.74) is 5.39. The molecule has 0 aromatic heterocycles. The van der Waals surface area contributed by atoms with Crippen molar-refractivity contribution in [1.82, 2.24) is 10.2 Å². The zero-order valence-electron chi connectivity index (χ0n) is 11.0. The number of thioether (sulfide) groups is 1. The van der Waals surface area contributed by atoms with E-state index in [2.05, 4.69) is 5.32 Å². The van der Waals surface area contributed by atoms with Gasteiger partial charge in [0.2, 0.25) is 11.8 Å². The summed E-state index contributed by atoms with van der Waals surface area (Å²) in [5.74, 6) is 1.41. The maximum absolute atomic E-state index is 12.0. The fourth-order valence-corrected chi connectivity index (χ4v) is 3.04. The molecule has 1 rings (SSSR count). The molecular formula is C12H23N3O2S.